The van der Waals surface area contributed by atoms with Gasteiger partial charge in [-0.3, -0.25) is 0 Å². The Kier molecular flexibility index (Phi) is 32.6. The van der Waals surface area contributed by atoms with Crippen LogP contribution in [0.5, 0.6) is 0 Å². The lowest BCUT2D eigenvalue weighted by molar-refractivity contribution is 0.505. The molecular formula is C19H45BrN2. The number of nitrogens with two attached hydrogens (primary N) is 1. The summed E-state index contributed by atoms with van der Waals surface area (Å²) in [4.78, 5) is 2.00. The second kappa shape index (κ2) is 26.3. The first-order valence-electron chi connectivity index (χ1n) is 9.46. The Balaban J connectivity index is -0.000000640. The number of halogens is 1. The van der Waals surface area contributed by atoms with E-state index in [-0.39, 0.29) is 17.0 Å². The second-order valence-electron chi connectivity index (χ2n) is 6.73. The normalized spacial score (nSPS) is 10.1. The summed E-state index contributed by atoms with van der Waals surface area (Å²) in [5, 5.41) is 0. The highest BCUT2D eigenvalue weighted by Crippen LogP contribution is 2.12. The Morgan fingerprint density at radius 3 is 1.00 bits per heavy atom. The molecule has 0 aliphatic rings. The number of hydrogen-bond donors (Lipinski definition) is 1. The molecule has 0 atom stereocenters. The summed E-state index contributed by atoms with van der Waals surface area (Å²) < 4.78 is 0. The van der Waals surface area contributed by atoms with E-state index >= 15 is 0 Å². The molecule has 0 bridgehead atoms. The van der Waals surface area contributed by atoms with Crippen LogP contribution >= 0.6 is 17.0 Å². The summed E-state index contributed by atoms with van der Waals surface area (Å²) in [6.45, 7) is 3.16. The van der Waals surface area contributed by atoms with Gasteiger partial charge in [-0.1, -0.05) is 90.4 Å². The molecule has 0 fully saturated rings. The van der Waals surface area contributed by atoms with Crippen molar-refractivity contribution in [2.45, 2.75) is 96.8 Å². The van der Waals surface area contributed by atoms with Crippen molar-refractivity contribution in [2.24, 2.45) is 5.73 Å². The third-order valence-corrected chi connectivity index (χ3v) is 3.56. The number of hydrogen-bond acceptors (Lipinski definition) is 2. The zero-order valence-corrected chi connectivity index (χ0v) is 17.8. The lowest BCUT2D eigenvalue weighted by Gasteiger charge is -2.02. The highest BCUT2D eigenvalue weighted by atomic mass is 79.9. The number of nitrogens with zero attached hydrogens (tertiary/aromatic N) is 1. The molecule has 0 amide bonds. The van der Waals surface area contributed by atoms with Crippen LogP contribution in [0, 0.1) is 0 Å². The van der Waals surface area contributed by atoms with Crippen molar-refractivity contribution in [3.63, 3.8) is 0 Å². The first-order valence-corrected chi connectivity index (χ1v) is 9.46. The van der Waals surface area contributed by atoms with Gasteiger partial charge in [0.25, 0.3) is 0 Å². The maximum absolute atomic E-state index is 5.47. The van der Waals surface area contributed by atoms with Crippen LogP contribution in [-0.2, 0) is 0 Å². The van der Waals surface area contributed by atoms with Crippen molar-refractivity contribution in [1.82, 2.24) is 4.90 Å². The molecule has 0 unspecified atom stereocenters. The lowest BCUT2D eigenvalue weighted by atomic mass is 10.0. The summed E-state index contributed by atoms with van der Waals surface area (Å²) >= 11 is 0. The van der Waals surface area contributed by atoms with Crippen molar-refractivity contribution < 1.29 is 0 Å². The highest BCUT2D eigenvalue weighted by Gasteiger charge is 1.93. The molecule has 0 heterocycles. The first kappa shape index (κ1) is 27.3. The minimum absolute atomic E-state index is 0. The molecule has 0 saturated heterocycles. The second-order valence-corrected chi connectivity index (χ2v) is 6.73. The van der Waals surface area contributed by atoms with Crippen molar-refractivity contribution >= 4 is 17.0 Å². The monoisotopic (exact) mass is 380 g/mol. The van der Waals surface area contributed by atoms with Gasteiger partial charge in [-0.05, 0) is 34.1 Å². The predicted octanol–water partition coefficient (Wildman–Crippen LogP) is 6.18. The molecule has 0 aromatic rings. The van der Waals surface area contributed by atoms with Gasteiger partial charge in [0.05, 0.1) is 0 Å². The number of unbranched alkanes of at least 4 members (excludes halogenated alkanes) is 13. The van der Waals surface area contributed by atoms with Crippen molar-refractivity contribution in [1.29, 1.82) is 0 Å². The van der Waals surface area contributed by atoms with Crippen LogP contribution < -0.4 is 5.73 Å². The molecule has 0 rings (SSSR count). The third-order valence-electron chi connectivity index (χ3n) is 3.56. The Bertz CT molecular complexity index is 147. The van der Waals surface area contributed by atoms with E-state index in [2.05, 4.69) is 6.92 Å². The molecule has 0 radical (unpaired) electrons. The molecule has 2 nitrogen and oxygen atoms in total. The Labute approximate surface area is 152 Å². The molecule has 0 aliphatic heterocycles. The Morgan fingerprint density at radius 1 is 0.545 bits per heavy atom. The van der Waals surface area contributed by atoms with Gasteiger partial charge in [0.2, 0.25) is 0 Å². The van der Waals surface area contributed by atoms with Crippen LogP contribution in [0.2, 0.25) is 0 Å². The maximum atomic E-state index is 5.47. The summed E-state index contributed by atoms with van der Waals surface area (Å²) in [6.07, 6.45) is 19.9. The quantitative estimate of drug-likeness (QED) is 0.364. The summed E-state index contributed by atoms with van der Waals surface area (Å²) in [6, 6.07) is 0. The van der Waals surface area contributed by atoms with Crippen molar-refractivity contribution in [3.05, 3.63) is 0 Å². The van der Waals surface area contributed by atoms with Gasteiger partial charge in [-0.15, -0.1) is 17.0 Å². The van der Waals surface area contributed by atoms with E-state index < -0.39 is 0 Å². The summed E-state index contributed by atoms with van der Waals surface area (Å²) in [7, 11) is 6.00. The van der Waals surface area contributed by atoms with E-state index in [1.165, 1.54) is 89.9 Å². The summed E-state index contributed by atoms with van der Waals surface area (Å²) in [5.41, 5.74) is 5.47. The Morgan fingerprint density at radius 2 is 0.773 bits per heavy atom. The zero-order chi connectivity index (χ0) is 16.2. The van der Waals surface area contributed by atoms with Crippen LogP contribution in [0.4, 0.5) is 0 Å². The van der Waals surface area contributed by atoms with Gasteiger partial charge in [0, 0.05) is 0 Å². The third kappa shape index (κ3) is 37.0. The van der Waals surface area contributed by atoms with Gasteiger partial charge >= 0.3 is 0 Å². The average molecular weight is 381 g/mol. The Hall–Kier alpha value is 0.400. The van der Waals surface area contributed by atoms with Crippen LogP contribution in [0.25, 0.3) is 0 Å². The van der Waals surface area contributed by atoms with Crippen LogP contribution in [0.15, 0.2) is 0 Å². The zero-order valence-electron chi connectivity index (χ0n) is 16.0. The smallest absolute Gasteiger partial charge is 0.00773 e. The molecular weight excluding hydrogens is 336 g/mol. The molecule has 138 valence electrons. The van der Waals surface area contributed by atoms with Gasteiger partial charge in [0.15, 0.2) is 0 Å². The first-order chi connectivity index (χ1) is 10.1. The lowest BCUT2D eigenvalue weighted by Crippen LogP contribution is -1.99. The molecule has 22 heavy (non-hydrogen) atoms. The van der Waals surface area contributed by atoms with Crippen molar-refractivity contribution in [2.75, 3.05) is 27.7 Å². The number of rotatable bonds is 14. The highest BCUT2D eigenvalue weighted by molar-refractivity contribution is 8.93. The van der Waals surface area contributed by atoms with Gasteiger partial charge in [-0.2, -0.15) is 0 Å². The van der Waals surface area contributed by atoms with E-state index in [4.69, 9.17) is 5.73 Å². The van der Waals surface area contributed by atoms with Crippen LogP contribution in [0.1, 0.15) is 96.8 Å². The van der Waals surface area contributed by atoms with Gasteiger partial charge < -0.3 is 10.6 Å². The molecule has 3 heteroatoms. The largest absolute Gasteiger partial charge is 0.330 e. The minimum Gasteiger partial charge on any atom is -0.330 e. The fourth-order valence-corrected chi connectivity index (χ4v) is 2.34. The van der Waals surface area contributed by atoms with E-state index in [9.17, 15) is 0 Å². The SMILES string of the molecule is Br.CCCCCCCCCCCCCCCCN.CN(C)C. The fourth-order valence-electron chi connectivity index (χ4n) is 2.34. The minimum atomic E-state index is 0. The molecule has 0 saturated carbocycles. The molecule has 0 aromatic heterocycles. The summed E-state index contributed by atoms with van der Waals surface area (Å²) in [5.74, 6) is 0. The topological polar surface area (TPSA) is 29.3 Å². The standard InChI is InChI=1S/C16H35N.C3H9N.BrH/c1-2-3-4-5-6-7-8-9-10-11-12-13-14-15-16-17;1-4(2)3;/h2-17H2,1H3;1-3H3;1H. The van der Waals surface area contributed by atoms with Gasteiger partial charge in [0.1, 0.15) is 0 Å². The molecule has 2 N–H and O–H groups in total. The predicted molar refractivity (Wildman–Crippen MR) is 109 cm³/mol. The molecule has 0 spiro atoms. The average Bonchev–Trinajstić information content (AvgIpc) is 2.43. The van der Waals surface area contributed by atoms with Crippen LogP contribution in [-0.4, -0.2) is 32.6 Å². The fraction of sp³-hybridized carbons (Fsp3) is 1.00. The maximum Gasteiger partial charge on any atom is -0.00773 e. The molecule has 0 aromatic carbocycles. The van der Waals surface area contributed by atoms with E-state index in [1.807, 2.05) is 26.0 Å². The van der Waals surface area contributed by atoms with Crippen LogP contribution in [0.3, 0.4) is 0 Å². The molecule has 0 aliphatic carbocycles. The van der Waals surface area contributed by atoms with E-state index in [0.29, 0.717) is 0 Å². The van der Waals surface area contributed by atoms with E-state index in [0.717, 1.165) is 6.54 Å². The van der Waals surface area contributed by atoms with E-state index in [1.54, 1.807) is 0 Å². The van der Waals surface area contributed by atoms with Gasteiger partial charge in [-0.25, -0.2) is 0 Å². The van der Waals surface area contributed by atoms with Crippen molar-refractivity contribution in [3.8, 4) is 0 Å².